The van der Waals surface area contributed by atoms with Crippen molar-refractivity contribution in [3.63, 3.8) is 0 Å². The van der Waals surface area contributed by atoms with Crippen molar-refractivity contribution in [1.29, 1.82) is 0 Å². The molecule has 2 aromatic carbocycles. The number of nitrogens with zero attached hydrogens (tertiary/aromatic N) is 2. The summed E-state index contributed by atoms with van der Waals surface area (Å²) in [5, 5.41) is 11.5. The number of aliphatic hydroxyl groups excluding tert-OH is 1. The third-order valence-electron chi connectivity index (χ3n) is 6.54. The van der Waals surface area contributed by atoms with Crippen molar-refractivity contribution in [2.75, 3.05) is 26.2 Å². The molecule has 3 atom stereocenters. The minimum atomic E-state index is -3.93. The van der Waals surface area contributed by atoms with Crippen molar-refractivity contribution in [2.45, 2.75) is 43.2 Å². The molecule has 2 aliphatic rings. The molecule has 2 aromatic rings. The first kappa shape index (κ1) is 23.9. The lowest BCUT2D eigenvalue weighted by atomic mass is 9.98. The van der Waals surface area contributed by atoms with Crippen LogP contribution in [0.1, 0.15) is 26.2 Å². The molecule has 2 heterocycles. The molecule has 0 spiro atoms. The summed E-state index contributed by atoms with van der Waals surface area (Å²) in [5.41, 5.74) is 0. The molecule has 0 saturated carbocycles. The van der Waals surface area contributed by atoms with E-state index in [1.54, 1.807) is 42.2 Å². The fraction of sp³-hybridized carbons (Fsp3) is 0.478. The van der Waals surface area contributed by atoms with Crippen molar-refractivity contribution in [1.82, 2.24) is 14.5 Å². The number of sulfonamides is 1. The smallest absolute Gasteiger partial charge is 0.245 e. The molecule has 2 aliphatic heterocycles. The molecule has 2 fully saturated rings. The Labute approximate surface area is 198 Å². The van der Waals surface area contributed by atoms with Gasteiger partial charge in [-0.2, -0.15) is 4.72 Å². The number of halogens is 1. The van der Waals surface area contributed by atoms with Gasteiger partial charge in [0.25, 0.3) is 0 Å². The second kappa shape index (κ2) is 9.58. The summed E-state index contributed by atoms with van der Waals surface area (Å²) in [5.74, 6) is -0.511. The Morgan fingerprint density at radius 2 is 1.91 bits per heavy atom. The average Bonchev–Trinajstić information content (AvgIpc) is 3.16. The van der Waals surface area contributed by atoms with E-state index in [1.807, 2.05) is 0 Å². The number of likely N-dealkylation sites (tertiary alicyclic amines) is 2. The summed E-state index contributed by atoms with van der Waals surface area (Å²) in [6, 6.07) is 8.29. The predicted octanol–water partition coefficient (Wildman–Crippen LogP) is 1.99. The number of hydrogen-bond donors (Lipinski definition) is 2. The quantitative estimate of drug-likeness (QED) is 0.640. The Morgan fingerprint density at radius 3 is 2.67 bits per heavy atom. The molecule has 8 nitrogen and oxygen atoms in total. The molecular formula is C23H28ClN3O5S. The Balaban J connectivity index is 1.44. The van der Waals surface area contributed by atoms with Gasteiger partial charge in [0, 0.05) is 31.3 Å². The first-order chi connectivity index (χ1) is 15.7. The van der Waals surface area contributed by atoms with E-state index in [4.69, 9.17) is 11.6 Å². The Kier molecular flexibility index (Phi) is 6.95. The number of amides is 2. The maximum atomic E-state index is 13.0. The highest BCUT2D eigenvalue weighted by molar-refractivity contribution is 7.89. The van der Waals surface area contributed by atoms with Gasteiger partial charge in [0.15, 0.2) is 0 Å². The summed E-state index contributed by atoms with van der Waals surface area (Å²) in [6.45, 7) is 3.09. The Morgan fingerprint density at radius 1 is 1.18 bits per heavy atom. The first-order valence-electron chi connectivity index (χ1n) is 11.1. The minimum absolute atomic E-state index is 0.0342. The van der Waals surface area contributed by atoms with Crippen LogP contribution in [0.5, 0.6) is 0 Å². The molecule has 0 radical (unpaired) electrons. The number of hydrogen-bond acceptors (Lipinski definition) is 5. The van der Waals surface area contributed by atoms with E-state index < -0.39 is 28.0 Å². The number of aliphatic hydroxyl groups is 1. The van der Waals surface area contributed by atoms with Crippen LogP contribution in [-0.4, -0.2) is 73.5 Å². The van der Waals surface area contributed by atoms with Crippen LogP contribution in [0, 0.1) is 5.92 Å². The van der Waals surface area contributed by atoms with Crippen LogP contribution in [0.2, 0.25) is 5.02 Å². The second-order valence-electron chi connectivity index (χ2n) is 8.80. The average molecular weight is 494 g/mol. The number of nitrogens with one attached hydrogen (secondary N) is 1. The van der Waals surface area contributed by atoms with Gasteiger partial charge in [-0.15, -0.1) is 0 Å². The lowest BCUT2D eigenvalue weighted by Gasteiger charge is -2.35. The van der Waals surface area contributed by atoms with Crippen molar-refractivity contribution in [3.8, 4) is 0 Å². The third-order valence-corrected chi connectivity index (χ3v) is 8.24. The van der Waals surface area contributed by atoms with Gasteiger partial charge in [-0.05, 0) is 67.1 Å². The Hall–Kier alpha value is -2.20. The maximum Gasteiger partial charge on any atom is 0.245 e. The van der Waals surface area contributed by atoms with Gasteiger partial charge in [0.2, 0.25) is 21.8 Å². The van der Waals surface area contributed by atoms with Crippen LogP contribution in [-0.2, 0) is 19.6 Å². The molecule has 3 unspecified atom stereocenters. The summed E-state index contributed by atoms with van der Waals surface area (Å²) < 4.78 is 28.4. The van der Waals surface area contributed by atoms with E-state index in [0.29, 0.717) is 24.7 Å². The molecule has 178 valence electrons. The fourth-order valence-corrected chi connectivity index (χ4v) is 6.06. The second-order valence-corrected chi connectivity index (χ2v) is 10.9. The van der Waals surface area contributed by atoms with Gasteiger partial charge < -0.3 is 14.9 Å². The number of piperidine rings is 1. The number of benzene rings is 2. The standard InChI is InChI=1S/C23H28ClN3O5S/c1-15(22(29)26-9-2-3-16(13-26)14-28)27-10-8-21(23(27)30)25-33(31,32)20-7-5-17-11-19(24)6-4-18(17)12-20/h4-7,11-12,15-16,21,25,28H,2-3,8-10,13-14H2,1H3. The fourth-order valence-electron chi connectivity index (χ4n) is 4.62. The van der Waals surface area contributed by atoms with Gasteiger partial charge in [0.1, 0.15) is 12.1 Å². The SMILES string of the molecule is CC(C(=O)N1CCCC(CO)C1)N1CCC(NS(=O)(=O)c2ccc3cc(Cl)ccc3c2)C1=O. The molecule has 4 rings (SSSR count). The number of rotatable bonds is 6. The highest BCUT2D eigenvalue weighted by Gasteiger charge is 2.40. The normalized spacial score (nSPS) is 22.7. The lowest BCUT2D eigenvalue weighted by Crippen LogP contribution is -2.52. The zero-order valence-corrected chi connectivity index (χ0v) is 20.0. The van der Waals surface area contributed by atoms with Crippen molar-refractivity contribution < 1.29 is 23.1 Å². The summed E-state index contributed by atoms with van der Waals surface area (Å²) in [4.78, 5) is 29.1. The third kappa shape index (κ3) is 5.01. The van der Waals surface area contributed by atoms with E-state index in [-0.39, 0.29) is 29.7 Å². The molecule has 10 heteroatoms. The molecule has 2 N–H and O–H groups in total. The topological polar surface area (TPSA) is 107 Å². The van der Waals surface area contributed by atoms with E-state index >= 15 is 0 Å². The minimum Gasteiger partial charge on any atom is -0.396 e. The zero-order valence-electron chi connectivity index (χ0n) is 18.4. The largest absolute Gasteiger partial charge is 0.396 e. The highest BCUT2D eigenvalue weighted by atomic mass is 35.5. The molecular weight excluding hydrogens is 466 g/mol. The summed E-state index contributed by atoms with van der Waals surface area (Å²) in [6.07, 6.45) is 1.99. The molecule has 0 bridgehead atoms. The van der Waals surface area contributed by atoms with Crippen LogP contribution in [0.25, 0.3) is 10.8 Å². The molecule has 33 heavy (non-hydrogen) atoms. The molecule has 0 aromatic heterocycles. The van der Waals surface area contributed by atoms with Crippen molar-refractivity contribution >= 4 is 44.2 Å². The van der Waals surface area contributed by atoms with E-state index in [1.165, 1.54) is 11.0 Å². The van der Waals surface area contributed by atoms with Crippen LogP contribution in [0.3, 0.4) is 0 Å². The van der Waals surface area contributed by atoms with E-state index in [0.717, 1.165) is 23.6 Å². The van der Waals surface area contributed by atoms with E-state index in [9.17, 15) is 23.1 Å². The zero-order chi connectivity index (χ0) is 23.8. The van der Waals surface area contributed by atoms with Gasteiger partial charge >= 0.3 is 0 Å². The van der Waals surface area contributed by atoms with Crippen molar-refractivity contribution in [3.05, 3.63) is 41.4 Å². The molecule has 2 amide bonds. The summed E-state index contributed by atoms with van der Waals surface area (Å²) >= 11 is 5.99. The summed E-state index contributed by atoms with van der Waals surface area (Å²) in [7, 11) is -3.93. The predicted molar refractivity (Wildman–Crippen MR) is 125 cm³/mol. The monoisotopic (exact) mass is 493 g/mol. The Bertz CT molecular complexity index is 1170. The van der Waals surface area contributed by atoms with Gasteiger partial charge in [-0.3, -0.25) is 9.59 Å². The number of carbonyl (C=O) groups is 2. The number of carbonyl (C=O) groups excluding carboxylic acids is 2. The van der Waals surface area contributed by atoms with Gasteiger partial charge in [-0.1, -0.05) is 23.7 Å². The van der Waals surface area contributed by atoms with Crippen molar-refractivity contribution in [2.24, 2.45) is 5.92 Å². The lowest BCUT2D eigenvalue weighted by molar-refractivity contribution is -0.144. The van der Waals surface area contributed by atoms with Crippen LogP contribution >= 0.6 is 11.6 Å². The molecule has 2 saturated heterocycles. The van der Waals surface area contributed by atoms with Crippen LogP contribution in [0.4, 0.5) is 0 Å². The first-order valence-corrected chi connectivity index (χ1v) is 13.0. The van der Waals surface area contributed by atoms with Crippen LogP contribution < -0.4 is 4.72 Å². The molecule has 0 aliphatic carbocycles. The van der Waals surface area contributed by atoms with Gasteiger partial charge in [-0.25, -0.2) is 8.42 Å². The van der Waals surface area contributed by atoms with Crippen LogP contribution in [0.15, 0.2) is 41.3 Å². The van der Waals surface area contributed by atoms with Gasteiger partial charge in [0.05, 0.1) is 4.90 Å². The number of fused-ring (bicyclic) bond motifs is 1. The van der Waals surface area contributed by atoms with E-state index in [2.05, 4.69) is 4.72 Å². The maximum absolute atomic E-state index is 13.0. The highest BCUT2D eigenvalue weighted by Crippen LogP contribution is 2.25.